The molecule has 2 aromatic carbocycles. The molecule has 0 aliphatic heterocycles. The lowest BCUT2D eigenvalue weighted by molar-refractivity contribution is 0.100. The molecular formula is C26H25N5O2. The number of fused-ring (bicyclic) bond motifs is 1. The number of benzene rings is 2. The van der Waals surface area contributed by atoms with Gasteiger partial charge in [0, 0.05) is 46.8 Å². The van der Waals surface area contributed by atoms with Gasteiger partial charge in [-0.2, -0.15) is 0 Å². The smallest absolute Gasteiger partial charge is 0.250 e. The number of aromatic nitrogens is 3. The van der Waals surface area contributed by atoms with Crippen LogP contribution in [0.3, 0.4) is 0 Å². The number of aliphatic hydroxyl groups is 1. The van der Waals surface area contributed by atoms with Crippen molar-refractivity contribution in [3.05, 3.63) is 72.9 Å². The van der Waals surface area contributed by atoms with Crippen molar-refractivity contribution in [1.82, 2.24) is 15.0 Å². The van der Waals surface area contributed by atoms with Crippen molar-refractivity contribution >= 4 is 22.4 Å². The Morgan fingerprint density at radius 1 is 0.970 bits per heavy atom. The number of primary amides is 1. The van der Waals surface area contributed by atoms with Gasteiger partial charge in [0.05, 0.1) is 17.4 Å². The van der Waals surface area contributed by atoms with Gasteiger partial charge in [0.2, 0.25) is 0 Å². The summed E-state index contributed by atoms with van der Waals surface area (Å²) in [6.45, 7) is 0. The molecule has 1 amide bonds. The molecule has 0 spiro atoms. The van der Waals surface area contributed by atoms with E-state index < -0.39 is 5.91 Å². The number of rotatable bonds is 5. The minimum atomic E-state index is -0.475. The Labute approximate surface area is 191 Å². The quantitative estimate of drug-likeness (QED) is 0.430. The van der Waals surface area contributed by atoms with Crippen LogP contribution >= 0.6 is 0 Å². The molecule has 4 aromatic rings. The molecule has 4 N–H and O–H groups in total. The molecule has 7 nitrogen and oxygen atoms in total. The third-order valence-electron chi connectivity index (χ3n) is 6.29. The van der Waals surface area contributed by atoms with E-state index in [1.165, 1.54) is 6.33 Å². The van der Waals surface area contributed by atoms with Crippen LogP contribution in [0.4, 0.5) is 5.69 Å². The molecule has 1 aliphatic carbocycles. The molecule has 33 heavy (non-hydrogen) atoms. The van der Waals surface area contributed by atoms with E-state index in [0.29, 0.717) is 11.3 Å². The van der Waals surface area contributed by atoms with Crippen LogP contribution in [-0.2, 0) is 0 Å². The highest BCUT2D eigenvalue weighted by Gasteiger charge is 2.21. The van der Waals surface area contributed by atoms with E-state index in [2.05, 4.69) is 20.3 Å². The molecule has 7 heteroatoms. The average Bonchev–Trinajstić information content (AvgIpc) is 2.85. The molecule has 1 saturated carbocycles. The summed E-state index contributed by atoms with van der Waals surface area (Å²) < 4.78 is 0. The summed E-state index contributed by atoms with van der Waals surface area (Å²) in [5, 5.41) is 15.4. The number of nitrogens with one attached hydrogen (secondary N) is 1. The van der Waals surface area contributed by atoms with Gasteiger partial charge in [0.25, 0.3) is 5.91 Å². The number of carbonyl (C=O) groups is 1. The number of aliphatic hydroxyl groups excluding tert-OH is 1. The van der Waals surface area contributed by atoms with Crippen LogP contribution < -0.4 is 11.1 Å². The van der Waals surface area contributed by atoms with Gasteiger partial charge in [-0.1, -0.05) is 24.3 Å². The van der Waals surface area contributed by atoms with Crippen molar-refractivity contribution < 1.29 is 9.90 Å². The summed E-state index contributed by atoms with van der Waals surface area (Å²) in [4.78, 5) is 25.1. The van der Waals surface area contributed by atoms with Gasteiger partial charge in [-0.3, -0.25) is 9.78 Å². The van der Waals surface area contributed by atoms with Crippen LogP contribution in [-0.4, -0.2) is 38.1 Å². The molecule has 5 rings (SSSR count). The second-order valence-corrected chi connectivity index (χ2v) is 8.46. The Morgan fingerprint density at radius 3 is 2.52 bits per heavy atom. The summed E-state index contributed by atoms with van der Waals surface area (Å²) in [5.74, 6) is -0.475. The van der Waals surface area contributed by atoms with Crippen molar-refractivity contribution in [2.45, 2.75) is 37.8 Å². The van der Waals surface area contributed by atoms with Crippen LogP contribution in [0.5, 0.6) is 0 Å². The third-order valence-corrected chi connectivity index (χ3v) is 6.29. The molecule has 1 fully saturated rings. The maximum atomic E-state index is 12.1. The fourth-order valence-electron chi connectivity index (χ4n) is 4.59. The molecule has 2 heterocycles. The first-order chi connectivity index (χ1) is 16.1. The first-order valence-corrected chi connectivity index (χ1v) is 11.1. The Bertz CT molecular complexity index is 1300. The normalized spacial score (nSPS) is 18.2. The first-order valence-electron chi connectivity index (χ1n) is 11.1. The lowest BCUT2D eigenvalue weighted by atomic mass is 9.92. The van der Waals surface area contributed by atoms with Crippen molar-refractivity contribution in [3.8, 4) is 22.4 Å². The SMILES string of the molecule is NC(=O)c1ccc(-c2nccc3c(-c4cncnc4)cccc23)cc1NC1CCC(O)CC1. The van der Waals surface area contributed by atoms with E-state index in [9.17, 15) is 9.90 Å². The number of pyridine rings is 1. The number of nitrogens with two attached hydrogens (primary N) is 1. The summed E-state index contributed by atoms with van der Waals surface area (Å²) in [7, 11) is 0. The van der Waals surface area contributed by atoms with Gasteiger partial charge in [-0.15, -0.1) is 0 Å². The van der Waals surface area contributed by atoms with Crippen molar-refractivity contribution in [3.63, 3.8) is 0 Å². The number of amides is 1. The molecule has 166 valence electrons. The highest BCUT2D eigenvalue weighted by atomic mass is 16.3. The minimum absolute atomic E-state index is 0.187. The molecule has 0 atom stereocenters. The molecule has 0 radical (unpaired) electrons. The maximum Gasteiger partial charge on any atom is 0.250 e. The van der Waals surface area contributed by atoms with Gasteiger partial charge in [-0.25, -0.2) is 9.97 Å². The predicted molar refractivity (Wildman–Crippen MR) is 129 cm³/mol. The molecule has 1 aliphatic rings. The minimum Gasteiger partial charge on any atom is -0.393 e. The molecular weight excluding hydrogens is 414 g/mol. The Balaban J connectivity index is 1.58. The fraction of sp³-hybridized carbons (Fsp3) is 0.231. The van der Waals surface area contributed by atoms with E-state index in [4.69, 9.17) is 5.73 Å². The van der Waals surface area contributed by atoms with E-state index in [0.717, 1.165) is 58.8 Å². The highest BCUT2D eigenvalue weighted by Crippen LogP contribution is 2.35. The second kappa shape index (κ2) is 8.96. The zero-order chi connectivity index (χ0) is 22.8. The largest absolute Gasteiger partial charge is 0.393 e. The van der Waals surface area contributed by atoms with Gasteiger partial charge in [0.1, 0.15) is 6.33 Å². The zero-order valence-electron chi connectivity index (χ0n) is 18.1. The van der Waals surface area contributed by atoms with Gasteiger partial charge in [-0.05, 0) is 54.8 Å². The van der Waals surface area contributed by atoms with E-state index >= 15 is 0 Å². The van der Waals surface area contributed by atoms with Crippen LogP contribution in [0.15, 0.2) is 67.4 Å². The average molecular weight is 440 g/mol. The van der Waals surface area contributed by atoms with Gasteiger partial charge in [0.15, 0.2) is 0 Å². The van der Waals surface area contributed by atoms with Crippen LogP contribution in [0.2, 0.25) is 0 Å². The number of hydrogen-bond acceptors (Lipinski definition) is 6. The fourth-order valence-corrected chi connectivity index (χ4v) is 4.59. The van der Waals surface area contributed by atoms with Crippen LogP contribution in [0.1, 0.15) is 36.0 Å². The lowest BCUT2D eigenvalue weighted by Crippen LogP contribution is -2.29. The van der Waals surface area contributed by atoms with Gasteiger partial charge < -0.3 is 16.2 Å². The molecule has 0 unspecified atom stereocenters. The Morgan fingerprint density at radius 2 is 1.76 bits per heavy atom. The number of carbonyl (C=O) groups excluding carboxylic acids is 1. The number of hydrogen-bond donors (Lipinski definition) is 3. The van der Waals surface area contributed by atoms with Crippen molar-refractivity contribution in [2.24, 2.45) is 5.73 Å². The van der Waals surface area contributed by atoms with E-state index in [1.807, 2.05) is 36.4 Å². The summed E-state index contributed by atoms with van der Waals surface area (Å²) in [6.07, 6.45) is 9.86. The molecule has 2 aromatic heterocycles. The lowest BCUT2D eigenvalue weighted by Gasteiger charge is -2.28. The van der Waals surface area contributed by atoms with Crippen molar-refractivity contribution in [1.29, 1.82) is 0 Å². The molecule has 0 saturated heterocycles. The first kappa shape index (κ1) is 21.0. The predicted octanol–water partition coefficient (Wildman–Crippen LogP) is 4.17. The Hall–Kier alpha value is -3.84. The van der Waals surface area contributed by atoms with Crippen LogP contribution in [0.25, 0.3) is 33.2 Å². The second-order valence-electron chi connectivity index (χ2n) is 8.46. The van der Waals surface area contributed by atoms with Crippen molar-refractivity contribution in [2.75, 3.05) is 5.32 Å². The Kier molecular flexibility index (Phi) is 5.71. The monoisotopic (exact) mass is 439 g/mol. The van der Waals surface area contributed by atoms with E-state index in [-0.39, 0.29) is 12.1 Å². The summed E-state index contributed by atoms with van der Waals surface area (Å²) in [6, 6.07) is 13.9. The summed E-state index contributed by atoms with van der Waals surface area (Å²) >= 11 is 0. The zero-order valence-corrected chi connectivity index (χ0v) is 18.1. The third kappa shape index (κ3) is 4.27. The maximum absolute atomic E-state index is 12.1. The topological polar surface area (TPSA) is 114 Å². The van der Waals surface area contributed by atoms with Crippen LogP contribution in [0, 0.1) is 0 Å². The number of nitrogens with zero attached hydrogens (tertiary/aromatic N) is 3. The number of anilines is 1. The van der Waals surface area contributed by atoms with Gasteiger partial charge >= 0.3 is 0 Å². The summed E-state index contributed by atoms with van der Waals surface area (Å²) in [5.41, 5.74) is 10.5. The molecule has 0 bridgehead atoms. The van der Waals surface area contributed by atoms with E-state index in [1.54, 1.807) is 24.7 Å². The highest BCUT2D eigenvalue weighted by molar-refractivity contribution is 6.04. The standard InChI is InChI=1S/C26H25N5O2/c27-26(33)23-9-4-16(12-24(23)31-18-5-7-19(32)8-6-18)25-22-3-1-2-20(21(22)10-11-30-25)17-13-28-15-29-14-17/h1-4,9-15,18-19,31-32H,5-8H2,(H2,27,33).